The lowest BCUT2D eigenvalue weighted by atomic mass is 10.2. The van der Waals surface area contributed by atoms with Gasteiger partial charge in [0, 0.05) is 13.0 Å². The van der Waals surface area contributed by atoms with E-state index in [4.69, 9.17) is 0 Å². The third-order valence-electron chi connectivity index (χ3n) is 2.08. The van der Waals surface area contributed by atoms with Crippen LogP contribution in [-0.4, -0.2) is 11.7 Å². The van der Waals surface area contributed by atoms with E-state index in [9.17, 15) is 9.59 Å². The van der Waals surface area contributed by atoms with Crippen LogP contribution < -0.4 is 5.32 Å². The molecule has 1 aromatic carbocycles. The highest BCUT2D eigenvalue weighted by Gasteiger charge is 2.06. The van der Waals surface area contributed by atoms with Crippen LogP contribution in [0.5, 0.6) is 0 Å². The Morgan fingerprint density at radius 3 is 2.47 bits per heavy atom. The fraction of sp³-hybridized carbons (Fsp3) is 0.333. The van der Waals surface area contributed by atoms with Crippen molar-refractivity contribution in [3.8, 4) is 0 Å². The molecule has 0 aliphatic rings. The summed E-state index contributed by atoms with van der Waals surface area (Å²) in [5.74, 6) is -0.230. The summed E-state index contributed by atoms with van der Waals surface area (Å²) < 4.78 is 0. The number of carbonyl (C=O) groups excluding carboxylic acids is 2. The minimum atomic E-state index is -0.203. The molecule has 1 rings (SSSR count). The van der Waals surface area contributed by atoms with Crippen molar-refractivity contribution in [3.63, 3.8) is 0 Å². The number of rotatable bonds is 5. The third kappa shape index (κ3) is 4.40. The zero-order chi connectivity index (χ0) is 11.1. The number of carbonyl (C=O) groups is 2. The molecule has 0 unspecified atom stereocenters. The third-order valence-corrected chi connectivity index (χ3v) is 2.08. The molecule has 0 fully saturated rings. The second-order valence-corrected chi connectivity index (χ2v) is 3.33. The summed E-state index contributed by atoms with van der Waals surface area (Å²) in [5.41, 5.74) is 1.04. The monoisotopic (exact) mass is 205 g/mol. The maximum atomic E-state index is 11.3. The van der Waals surface area contributed by atoms with Crippen LogP contribution in [0.3, 0.4) is 0 Å². The van der Waals surface area contributed by atoms with E-state index in [0.29, 0.717) is 13.0 Å². The normalized spacial score (nSPS) is 9.67. The first-order chi connectivity index (χ1) is 7.22. The molecule has 1 amide bonds. The van der Waals surface area contributed by atoms with E-state index >= 15 is 0 Å². The van der Waals surface area contributed by atoms with Crippen LogP contribution in [0, 0.1) is 0 Å². The van der Waals surface area contributed by atoms with Gasteiger partial charge >= 0.3 is 0 Å². The number of hydrogen-bond donors (Lipinski definition) is 1. The van der Waals surface area contributed by atoms with Crippen molar-refractivity contribution >= 4 is 11.7 Å². The molecule has 3 heteroatoms. The number of ketones is 1. The highest BCUT2D eigenvalue weighted by atomic mass is 16.2. The van der Waals surface area contributed by atoms with Gasteiger partial charge in [0.15, 0.2) is 0 Å². The van der Waals surface area contributed by atoms with Crippen LogP contribution in [-0.2, 0) is 16.1 Å². The van der Waals surface area contributed by atoms with E-state index < -0.39 is 0 Å². The zero-order valence-electron chi connectivity index (χ0n) is 8.82. The Morgan fingerprint density at radius 1 is 1.20 bits per heavy atom. The van der Waals surface area contributed by atoms with E-state index in [2.05, 4.69) is 5.32 Å². The summed E-state index contributed by atoms with van der Waals surface area (Å²) >= 11 is 0. The van der Waals surface area contributed by atoms with Gasteiger partial charge in [0.25, 0.3) is 0 Å². The summed E-state index contributed by atoms with van der Waals surface area (Å²) in [6.07, 6.45) is 0.405. The molecule has 0 heterocycles. The van der Waals surface area contributed by atoms with Crippen molar-refractivity contribution in [1.82, 2.24) is 5.32 Å². The van der Waals surface area contributed by atoms with Crippen molar-refractivity contribution in [2.24, 2.45) is 0 Å². The van der Waals surface area contributed by atoms with Gasteiger partial charge in [-0.2, -0.15) is 0 Å². The van der Waals surface area contributed by atoms with Gasteiger partial charge in [0.2, 0.25) is 5.91 Å². The van der Waals surface area contributed by atoms with Crippen molar-refractivity contribution in [2.75, 3.05) is 0 Å². The molecular weight excluding hydrogens is 190 g/mol. The van der Waals surface area contributed by atoms with Gasteiger partial charge in [-0.25, -0.2) is 0 Å². The summed E-state index contributed by atoms with van der Waals surface area (Å²) in [7, 11) is 0. The molecule has 1 N–H and O–H groups in total. The predicted octanol–water partition coefficient (Wildman–Crippen LogP) is 1.67. The van der Waals surface area contributed by atoms with Crippen LogP contribution in [0.2, 0.25) is 0 Å². The Bertz CT molecular complexity index is 333. The van der Waals surface area contributed by atoms with Gasteiger partial charge in [-0.3, -0.25) is 9.59 Å². The molecule has 0 aliphatic heterocycles. The zero-order valence-corrected chi connectivity index (χ0v) is 8.82. The second kappa shape index (κ2) is 5.96. The average molecular weight is 205 g/mol. The van der Waals surface area contributed by atoms with E-state index in [-0.39, 0.29) is 18.1 Å². The number of Topliss-reactive ketones (excluding diaryl/α,β-unsaturated/α-hetero) is 1. The standard InChI is InChI=1S/C12H15NO2/c1-2-11(14)8-12(15)13-9-10-6-4-3-5-7-10/h3-7H,2,8-9H2,1H3,(H,13,15). The fourth-order valence-corrected chi connectivity index (χ4v) is 1.16. The lowest BCUT2D eigenvalue weighted by Gasteiger charge is -2.03. The molecule has 80 valence electrons. The SMILES string of the molecule is CCC(=O)CC(=O)NCc1ccccc1. The lowest BCUT2D eigenvalue weighted by molar-refractivity contribution is -0.128. The van der Waals surface area contributed by atoms with Crippen LogP contribution in [0.1, 0.15) is 25.3 Å². The maximum absolute atomic E-state index is 11.3. The Kier molecular flexibility index (Phi) is 4.54. The molecule has 0 bridgehead atoms. The van der Waals surface area contributed by atoms with Crippen molar-refractivity contribution in [2.45, 2.75) is 26.3 Å². The Labute approximate surface area is 89.5 Å². The largest absolute Gasteiger partial charge is 0.352 e. The first kappa shape index (κ1) is 11.4. The van der Waals surface area contributed by atoms with Crippen LogP contribution in [0.4, 0.5) is 0 Å². The Hall–Kier alpha value is -1.64. The lowest BCUT2D eigenvalue weighted by Crippen LogP contribution is -2.24. The molecule has 0 aliphatic carbocycles. The average Bonchev–Trinajstić information content (AvgIpc) is 2.27. The van der Waals surface area contributed by atoms with Crippen LogP contribution >= 0.6 is 0 Å². The van der Waals surface area contributed by atoms with E-state index in [1.54, 1.807) is 6.92 Å². The summed E-state index contributed by atoms with van der Waals surface area (Å²) in [4.78, 5) is 22.2. The minimum Gasteiger partial charge on any atom is -0.352 e. The first-order valence-electron chi connectivity index (χ1n) is 5.04. The molecule has 0 saturated carbocycles. The number of benzene rings is 1. The highest BCUT2D eigenvalue weighted by molar-refractivity contribution is 5.97. The second-order valence-electron chi connectivity index (χ2n) is 3.33. The number of amides is 1. The summed E-state index contributed by atoms with van der Waals surface area (Å²) in [5, 5.41) is 2.70. The Morgan fingerprint density at radius 2 is 1.87 bits per heavy atom. The molecule has 1 aromatic rings. The number of nitrogens with one attached hydrogen (secondary N) is 1. The van der Waals surface area contributed by atoms with Gasteiger partial charge in [-0.1, -0.05) is 37.3 Å². The smallest absolute Gasteiger partial charge is 0.227 e. The minimum absolute atomic E-state index is 0.0106. The van der Waals surface area contributed by atoms with Gasteiger partial charge in [0.05, 0.1) is 6.42 Å². The summed E-state index contributed by atoms with van der Waals surface area (Å²) in [6, 6.07) is 9.62. The number of hydrogen-bond acceptors (Lipinski definition) is 2. The van der Waals surface area contributed by atoms with Gasteiger partial charge in [-0.05, 0) is 5.56 Å². The predicted molar refractivity (Wildman–Crippen MR) is 58.2 cm³/mol. The van der Waals surface area contributed by atoms with Crippen molar-refractivity contribution < 1.29 is 9.59 Å². The maximum Gasteiger partial charge on any atom is 0.227 e. The molecule has 0 atom stereocenters. The van der Waals surface area contributed by atoms with Crippen molar-refractivity contribution in [1.29, 1.82) is 0 Å². The fourth-order valence-electron chi connectivity index (χ4n) is 1.16. The van der Waals surface area contributed by atoms with Gasteiger partial charge in [0.1, 0.15) is 5.78 Å². The van der Waals surface area contributed by atoms with Crippen LogP contribution in [0.25, 0.3) is 0 Å². The van der Waals surface area contributed by atoms with Crippen LogP contribution in [0.15, 0.2) is 30.3 Å². The summed E-state index contributed by atoms with van der Waals surface area (Å²) in [6.45, 7) is 2.24. The molecule has 0 radical (unpaired) electrons. The van der Waals surface area contributed by atoms with E-state index in [0.717, 1.165) is 5.56 Å². The Balaban J connectivity index is 2.32. The van der Waals surface area contributed by atoms with Gasteiger partial charge < -0.3 is 5.32 Å². The molecule has 0 saturated heterocycles. The van der Waals surface area contributed by atoms with E-state index in [1.807, 2.05) is 30.3 Å². The topological polar surface area (TPSA) is 46.2 Å². The van der Waals surface area contributed by atoms with Gasteiger partial charge in [-0.15, -0.1) is 0 Å². The highest BCUT2D eigenvalue weighted by Crippen LogP contribution is 1.97. The quantitative estimate of drug-likeness (QED) is 0.743. The molecular formula is C12H15NO2. The van der Waals surface area contributed by atoms with Crippen molar-refractivity contribution in [3.05, 3.63) is 35.9 Å². The molecule has 3 nitrogen and oxygen atoms in total. The molecule has 15 heavy (non-hydrogen) atoms. The van der Waals surface area contributed by atoms with E-state index in [1.165, 1.54) is 0 Å². The molecule has 0 aromatic heterocycles. The molecule has 0 spiro atoms. The first-order valence-corrected chi connectivity index (χ1v) is 5.04.